The number of ether oxygens (including phenoxy) is 1. The number of benzene rings is 6. The molecule has 3 aliphatic heterocycles. The van der Waals surface area contributed by atoms with Crippen molar-refractivity contribution in [3.05, 3.63) is 161 Å². The van der Waals surface area contributed by atoms with E-state index in [0.29, 0.717) is 50.0 Å². The van der Waals surface area contributed by atoms with Crippen LogP contribution in [0.5, 0.6) is 11.5 Å². The molecule has 0 radical (unpaired) electrons. The summed E-state index contributed by atoms with van der Waals surface area (Å²) < 4.78 is 23.1. The third kappa shape index (κ3) is 5.11. The number of para-hydroxylation sites is 1. The second-order valence-corrected chi connectivity index (χ2v) is 18.0. The summed E-state index contributed by atoms with van der Waals surface area (Å²) in [5, 5.41) is 34.3. The first-order valence-corrected chi connectivity index (χ1v) is 20.2. The third-order valence-corrected chi connectivity index (χ3v) is 14.4. The zero-order valence-electron chi connectivity index (χ0n) is 30.7. The zero-order valence-corrected chi connectivity index (χ0v) is 31.6. The van der Waals surface area contributed by atoms with Gasteiger partial charge in [0.1, 0.15) is 12.1 Å². The highest BCUT2D eigenvalue weighted by atomic mass is 31.2. The highest BCUT2D eigenvalue weighted by molar-refractivity contribution is 7.85. The van der Waals surface area contributed by atoms with E-state index in [0.717, 1.165) is 35.2 Å². The van der Waals surface area contributed by atoms with Crippen LogP contribution >= 0.6 is 7.14 Å². The number of nitriles is 3. The molecule has 0 spiro atoms. The summed E-state index contributed by atoms with van der Waals surface area (Å²) >= 11 is 0. The van der Waals surface area contributed by atoms with E-state index < -0.39 is 7.14 Å². The normalized spacial score (nSPS) is 16.6. The monoisotopic (exact) mass is 733 g/mol. The van der Waals surface area contributed by atoms with Gasteiger partial charge >= 0.3 is 0 Å². The Morgan fingerprint density at radius 2 is 1.20 bits per heavy atom. The fourth-order valence-corrected chi connectivity index (χ4v) is 11.9. The van der Waals surface area contributed by atoms with E-state index in [9.17, 15) is 15.8 Å². The van der Waals surface area contributed by atoms with Crippen molar-refractivity contribution in [3.8, 4) is 29.7 Å². The lowest BCUT2D eigenvalue weighted by atomic mass is 9.84. The molecule has 6 aromatic rings. The van der Waals surface area contributed by atoms with E-state index in [1.165, 1.54) is 0 Å². The lowest BCUT2D eigenvalue weighted by Gasteiger charge is -2.37. The first-order chi connectivity index (χ1) is 26.7. The lowest BCUT2D eigenvalue weighted by molar-refractivity contribution is 0.472. The van der Waals surface area contributed by atoms with Crippen LogP contribution in [0.15, 0.2) is 127 Å². The van der Waals surface area contributed by atoms with Gasteiger partial charge in [-0.15, -0.1) is 0 Å². The maximum Gasteiger partial charge on any atom is 0.172 e. The molecule has 3 heterocycles. The fourth-order valence-electron chi connectivity index (χ4n) is 8.82. The van der Waals surface area contributed by atoms with E-state index >= 15 is 4.57 Å². The number of rotatable bonds is 5. The molecule has 0 saturated carbocycles. The Bertz CT molecular complexity index is 2660. The van der Waals surface area contributed by atoms with Crippen LogP contribution in [0.25, 0.3) is 0 Å². The maximum atomic E-state index is 16.5. The van der Waals surface area contributed by atoms with E-state index in [2.05, 4.69) is 62.1 Å². The first kappa shape index (κ1) is 34.2. The molecule has 3 aliphatic rings. The second kappa shape index (κ2) is 12.8. The van der Waals surface area contributed by atoms with Crippen molar-refractivity contribution in [2.45, 2.75) is 51.1 Å². The van der Waals surface area contributed by atoms with Gasteiger partial charge in [0.15, 0.2) is 18.6 Å². The Hall–Kier alpha value is -6.58. The predicted molar refractivity (Wildman–Crippen MR) is 217 cm³/mol. The molecule has 2 bridgehead atoms. The molecule has 8 heteroatoms. The standard InChI is InChI=1S/C47H36N5O2P/c1-47(2,3)31-20-22-38-42(26-31)54-41-25-30(27-48)19-21-37(41)52(38)45-35(28-49)36(29-50)46(55(53,33-15-9-5-10-16-33)34-17-11-6-12-18-34)44-40-24-23-39(43(44)45)51(40)32-13-7-4-8-14-32/h4-22,25-26,39-40H,23-24H2,1-3H3. The van der Waals surface area contributed by atoms with Crippen molar-refractivity contribution in [2.24, 2.45) is 0 Å². The minimum Gasteiger partial charge on any atom is -0.453 e. The number of hydrogen-bond donors (Lipinski definition) is 0. The van der Waals surface area contributed by atoms with Gasteiger partial charge < -0.3 is 19.1 Å². The molecule has 2 atom stereocenters. The topological polar surface area (TPSA) is 104 Å². The summed E-state index contributed by atoms with van der Waals surface area (Å²) in [6.07, 6.45) is 1.59. The SMILES string of the molecule is CC(C)(C)c1ccc2c(c1)Oc1cc(C#N)ccc1N2c1c(C#N)c(C#N)c(P(=O)(c2ccccc2)c2ccccc2)c2c1C1CCC2N1c1ccccc1. The molecule has 7 nitrogen and oxygen atoms in total. The Morgan fingerprint density at radius 3 is 1.76 bits per heavy atom. The van der Waals surface area contributed by atoms with Gasteiger partial charge in [-0.3, -0.25) is 0 Å². The Kier molecular flexibility index (Phi) is 7.95. The highest BCUT2D eigenvalue weighted by Gasteiger charge is 2.53. The molecule has 0 amide bonds. The quantitative estimate of drug-likeness (QED) is 0.162. The molecular formula is C47H36N5O2P. The lowest BCUT2D eigenvalue weighted by Crippen LogP contribution is -2.33. The van der Waals surface area contributed by atoms with Crippen molar-refractivity contribution >= 4 is 45.8 Å². The fraction of sp³-hybridized carbons (Fsp3) is 0.170. The predicted octanol–water partition coefficient (Wildman–Crippen LogP) is 10.2. The highest BCUT2D eigenvalue weighted by Crippen LogP contribution is 2.64. The van der Waals surface area contributed by atoms with Crippen LogP contribution < -0.4 is 30.5 Å². The van der Waals surface area contributed by atoms with Gasteiger partial charge in [0.05, 0.1) is 51.9 Å². The number of fused-ring (bicyclic) bond motifs is 7. The van der Waals surface area contributed by atoms with Crippen molar-refractivity contribution < 1.29 is 9.30 Å². The van der Waals surface area contributed by atoms with Crippen LogP contribution in [0.1, 0.15) is 79.1 Å². The van der Waals surface area contributed by atoms with Gasteiger partial charge in [-0.05, 0) is 65.8 Å². The first-order valence-electron chi connectivity index (χ1n) is 18.4. The number of anilines is 4. The Morgan fingerprint density at radius 1 is 0.655 bits per heavy atom. The molecule has 0 N–H and O–H groups in total. The molecule has 6 aromatic carbocycles. The van der Waals surface area contributed by atoms with E-state index in [-0.39, 0.29) is 28.6 Å². The summed E-state index contributed by atoms with van der Waals surface area (Å²) in [4.78, 5) is 4.44. The van der Waals surface area contributed by atoms with Crippen LogP contribution in [0.3, 0.4) is 0 Å². The van der Waals surface area contributed by atoms with Gasteiger partial charge in [0.25, 0.3) is 0 Å². The van der Waals surface area contributed by atoms with Gasteiger partial charge in [0.2, 0.25) is 0 Å². The molecule has 2 unspecified atom stereocenters. The van der Waals surface area contributed by atoms with Gasteiger partial charge in [-0.2, -0.15) is 15.8 Å². The van der Waals surface area contributed by atoms with Gasteiger partial charge in [-0.1, -0.05) is 106 Å². The van der Waals surface area contributed by atoms with Crippen LogP contribution in [0, 0.1) is 34.0 Å². The second-order valence-electron chi connectivity index (χ2n) is 15.3. The number of hydrogen-bond acceptors (Lipinski definition) is 7. The van der Waals surface area contributed by atoms with E-state index in [4.69, 9.17) is 4.74 Å². The molecule has 1 saturated heterocycles. The minimum atomic E-state index is -3.77. The smallest absolute Gasteiger partial charge is 0.172 e. The zero-order chi connectivity index (χ0) is 38.1. The van der Waals surface area contributed by atoms with Crippen LogP contribution in [-0.2, 0) is 9.98 Å². The van der Waals surface area contributed by atoms with E-state index in [1.54, 1.807) is 12.1 Å². The van der Waals surface area contributed by atoms with Crippen molar-refractivity contribution in [1.29, 1.82) is 15.8 Å². The minimum absolute atomic E-state index is 0.113. The summed E-state index contributed by atoms with van der Waals surface area (Å²) in [6, 6.07) is 47.3. The van der Waals surface area contributed by atoms with Crippen LogP contribution in [-0.4, -0.2) is 0 Å². The van der Waals surface area contributed by atoms with Crippen molar-refractivity contribution in [2.75, 3.05) is 9.80 Å². The summed E-state index contributed by atoms with van der Waals surface area (Å²) in [6.45, 7) is 6.42. The molecule has 0 aliphatic carbocycles. The van der Waals surface area contributed by atoms with E-state index in [1.807, 2.05) is 102 Å². The van der Waals surface area contributed by atoms with Gasteiger partial charge in [-0.25, -0.2) is 0 Å². The summed E-state index contributed by atoms with van der Waals surface area (Å²) in [5.74, 6) is 1.05. The molecule has 0 aromatic heterocycles. The average molecular weight is 734 g/mol. The summed E-state index contributed by atoms with van der Waals surface area (Å²) in [7, 11) is -3.77. The molecule has 1 fully saturated rings. The number of nitrogens with zero attached hydrogens (tertiary/aromatic N) is 5. The van der Waals surface area contributed by atoms with Gasteiger partial charge in [0, 0.05) is 33.2 Å². The Balaban J connectivity index is 1.44. The largest absolute Gasteiger partial charge is 0.453 e. The third-order valence-electron chi connectivity index (χ3n) is 11.2. The van der Waals surface area contributed by atoms with Crippen molar-refractivity contribution in [1.82, 2.24) is 0 Å². The molecule has 55 heavy (non-hydrogen) atoms. The Labute approximate surface area is 321 Å². The summed E-state index contributed by atoms with van der Waals surface area (Å²) in [5.41, 5.74) is 6.28. The molecule has 266 valence electrons. The average Bonchev–Trinajstić information content (AvgIpc) is 3.79. The van der Waals surface area contributed by atoms with Crippen LogP contribution in [0.2, 0.25) is 0 Å². The molecular weight excluding hydrogens is 698 g/mol. The molecule has 9 rings (SSSR count). The van der Waals surface area contributed by atoms with Crippen LogP contribution in [0.4, 0.5) is 22.7 Å². The maximum absolute atomic E-state index is 16.5. The van der Waals surface area contributed by atoms with Crippen molar-refractivity contribution in [3.63, 3.8) is 0 Å².